The number of nitrogens with zero attached hydrogens (tertiary/aromatic N) is 2. The predicted octanol–water partition coefficient (Wildman–Crippen LogP) is 3.22. The molecule has 2 rings (SSSR count). The quantitative estimate of drug-likeness (QED) is 0.930. The van der Waals surface area contributed by atoms with Crippen molar-refractivity contribution in [2.45, 2.75) is 6.54 Å². The van der Waals surface area contributed by atoms with Crippen molar-refractivity contribution in [2.24, 2.45) is 0 Å². The summed E-state index contributed by atoms with van der Waals surface area (Å²) in [5, 5.41) is 3.29. The second-order valence-corrected chi connectivity index (χ2v) is 6.74. The van der Waals surface area contributed by atoms with Gasteiger partial charge >= 0.3 is 0 Å². The zero-order valence-electron chi connectivity index (χ0n) is 10.7. The van der Waals surface area contributed by atoms with E-state index in [0.717, 1.165) is 16.0 Å². The van der Waals surface area contributed by atoms with E-state index in [-0.39, 0.29) is 5.91 Å². The van der Waals surface area contributed by atoms with Crippen LogP contribution < -0.4 is 5.32 Å². The number of thiophene rings is 1. The van der Waals surface area contributed by atoms with Gasteiger partial charge in [-0.1, -0.05) is 0 Å². The molecule has 6 heteroatoms. The maximum absolute atomic E-state index is 11.8. The second kappa shape index (κ2) is 6.16. The molecule has 0 aliphatic carbocycles. The molecule has 0 saturated carbocycles. The lowest BCUT2D eigenvalue weighted by Crippen LogP contribution is -2.22. The maximum Gasteiger partial charge on any atom is 0.272 e. The van der Waals surface area contributed by atoms with E-state index in [4.69, 9.17) is 0 Å². The number of aromatic nitrogens is 1. The van der Waals surface area contributed by atoms with Crippen molar-refractivity contribution in [2.75, 3.05) is 19.4 Å². The number of anilines is 1. The van der Waals surface area contributed by atoms with Gasteiger partial charge in [0.2, 0.25) is 0 Å². The molecule has 0 atom stereocenters. The highest BCUT2D eigenvalue weighted by Gasteiger charge is 2.09. The average Bonchev–Trinajstić information content (AvgIpc) is 2.81. The van der Waals surface area contributed by atoms with Crippen molar-refractivity contribution in [1.82, 2.24) is 9.88 Å². The minimum absolute atomic E-state index is 0.0949. The first-order valence-electron chi connectivity index (χ1n) is 5.72. The van der Waals surface area contributed by atoms with Crippen LogP contribution in [-0.4, -0.2) is 29.9 Å². The molecule has 0 unspecified atom stereocenters. The lowest BCUT2D eigenvalue weighted by atomic mass is 10.3. The fraction of sp³-hybridized carbons (Fsp3) is 0.231. The highest BCUT2D eigenvalue weighted by atomic mass is 79.9. The average molecular weight is 340 g/mol. The molecule has 2 heterocycles. The lowest BCUT2D eigenvalue weighted by molar-refractivity contribution is 0.0822. The number of hydrogen-bond donors (Lipinski definition) is 1. The third-order valence-corrected chi connectivity index (χ3v) is 4.10. The molecule has 2 aromatic rings. The molecule has 0 fully saturated rings. The summed E-state index contributed by atoms with van der Waals surface area (Å²) in [7, 11) is 3.43. The number of halogens is 1. The number of amides is 1. The maximum atomic E-state index is 11.8. The van der Waals surface area contributed by atoms with Gasteiger partial charge in [0.15, 0.2) is 0 Å². The van der Waals surface area contributed by atoms with Crippen LogP contribution in [0.1, 0.15) is 15.4 Å². The zero-order chi connectivity index (χ0) is 13.8. The Kier molecular flexibility index (Phi) is 4.55. The van der Waals surface area contributed by atoms with Gasteiger partial charge < -0.3 is 10.2 Å². The molecule has 0 aromatic carbocycles. The Morgan fingerprint density at radius 3 is 2.84 bits per heavy atom. The van der Waals surface area contributed by atoms with Gasteiger partial charge in [-0.15, -0.1) is 11.3 Å². The highest BCUT2D eigenvalue weighted by molar-refractivity contribution is 9.11. The van der Waals surface area contributed by atoms with Crippen LogP contribution in [-0.2, 0) is 6.54 Å². The van der Waals surface area contributed by atoms with Gasteiger partial charge in [-0.25, -0.2) is 0 Å². The van der Waals surface area contributed by atoms with Crippen LogP contribution >= 0.6 is 27.3 Å². The first kappa shape index (κ1) is 14.0. The van der Waals surface area contributed by atoms with Gasteiger partial charge in [0, 0.05) is 37.4 Å². The summed E-state index contributed by atoms with van der Waals surface area (Å²) < 4.78 is 1.11. The number of carbonyl (C=O) groups is 1. The molecule has 0 spiro atoms. The van der Waals surface area contributed by atoms with Crippen LogP contribution in [0.5, 0.6) is 0 Å². The van der Waals surface area contributed by atoms with Crippen molar-refractivity contribution < 1.29 is 4.79 Å². The zero-order valence-corrected chi connectivity index (χ0v) is 13.1. The molecule has 1 amide bonds. The minimum Gasteiger partial charge on any atom is -0.380 e. The van der Waals surface area contributed by atoms with E-state index >= 15 is 0 Å². The Hall–Kier alpha value is -1.40. The van der Waals surface area contributed by atoms with Gasteiger partial charge in [-0.3, -0.25) is 9.78 Å². The topological polar surface area (TPSA) is 45.2 Å². The van der Waals surface area contributed by atoms with Crippen molar-refractivity contribution in [3.05, 3.63) is 44.8 Å². The van der Waals surface area contributed by atoms with Crippen molar-refractivity contribution in [3.63, 3.8) is 0 Å². The highest BCUT2D eigenvalue weighted by Crippen LogP contribution is 2.23. The van der Waals surface area contributed by atoms with Crippen LogP contribution in [0.25, 0.3) is 0 Å². The molecule has 100 valence electrons. The van der Waals surface area contributed by atoms with Crippen LogP contribution in [0, 0.1) is 0 Å². The van der Waals surface area contributed by atoms with Crippen molar-refractivity contribution in [1.29, 1.82) is 0 Å². The summed E-state index contributed by atoms with van der Waals surface area (Å²) in [6.45, 7) is 0.732. The van der Waals surface area contributed by atoms with Gasteiger partial charge in [-0.2, -0.15) is 0 Å². The van der Waals surface area contributed by atoms with Gasteiger partial charge in [0.05, 0.1) is 3.79 Å². The van der Waals surface area contributed by atoms with Gasteiger partial charge in [-0.05, 0) is 40.2 Å². The summed E-state index contributed by atoms with van der Waals surface area (Å²) in [5.41, 5.74) is 1.34. The molecule has 0 aliphatic rings. The van der Waals surface area contributed by atoms with Gasteiger partial charge in [0.1, 0.15) is 5.69 Å². The largest absolute Gasteiger partial charge is 0.380 e. The second-order valence-electron chi connectivity index (χ2n) is 4.19. The van der Waals surface area contributed by atoms with E-state index in [0.29, 0.717) is 5.69 Å². The van der Waals surface area contributed by atoms with Crippen LogP contribution in [0.2, 0.25) is 0 Å². The summed E-state index contributed by atoms with van der Waals surface area (Å²) >= 11 is 5.12. The Balaban J connectivity index is 2.05. The number of hydrogen-bond acceptors (Lipinski definition) is 4. The lowest BCUT2D eigenvalue weighted by Gasteiger charge is -2.11. The van der Waals surface area contributed by atoms with Crippen molar-refractivity contribution in [3.8, 4) is 0 Å². The Labute approximate surface area is 124 Å². The monoisotopic (exact) mass is 339 g/mol. The first-order valence-corrected chi connectivity index (χ1v) is 7.33. The number of carbonyl (C=O) groups excluding carboxylic acids is 1. The van der Waals surface area contributed by atoms with E-state index in [1.807, 2.05) is 12.1 Å². The number of rotatable bonds is 4. The van der Waals surface area contributed by atoms with E-state index in [1.54, 1.807) is 37.7 Å². The first-order chi connectivity index (χ1) is 9.06. The normalized spacial score (nSPS) is 10.3. The Morgan fingerprint density at radius 1 is 1.42 bits per heavy atom. The third kappa shape index (κ3) is 3.78. The number of nitrogens with one attached hydrogen (secondary N) is 1. The molecule has 19 heavy (non-hydrogen) atoms. The summed E-state index contributed by atoms with van der Waals surface area (Å²) in [6.07, 6.45) is 1.64. The Bertz CT molecular complexity index is 583. The summed E-state index contributed by atoms with van der Waals surface area (Å²) in [6, 6.07) is 7.71. The molecular formula is C13H14BrN3OS. The molecule has 0 bridgehead atoms. The van der Waals surface area contributed by atoms with E-state index < -0.39 is 0 Å². The standard InChI is InChI=1S/C13H14BrN3OS/c1-17(2)13(18)11-7-9(5-6-15-11)16-8-10-3-4-12(14)19-10/h3-7H,8H2,1-2H3,(H,15,16). The van der Waals surface area contributed by atoms with E-state index in [2.05, 4.69) is 32.3 Å². The molecule has 4 nitrogen and oxygen atoms in total. The summed E-state index contributed by atoms with van der Waals surface area (Å²) in [5.74, 6) is -0.0949. The SMILES string of the molecule is CN(C)C(=O)c1cc(NCc2ccc(Br)s2)ccn1. The van der Waals surface area contributed by atoms with E-state index in [9.17, 15) is 4.79 Å². The number of pyridine rings is 1. The van der Waals surface area contributed by atoms with Gasteiger partial charge in [0.25, 0.3) is 5.91 Å². The van der Waals surface area contributed by atoms with Crippen LogP contribution in [0.4, 0.5) is 5.69 Å². The summed E-state index contributed by atoms with van der Waals surface area (Å²) in [4.78, 5) is 18.6. The third-order valence-electron chi connectivity index (χ3n) is 2.48. The van der Waals surface area contributed by atoms with Crippen LogP contribution in [0.3, 0.4) is 0 Å². The Morgan fingerprint density at radius 2 is 2.21 bits per heavy atom. The molecule has 0 saturated heterocycles. The molecule has 2 aromatic heterocycles. The molecular weight excluding hydrogens is 326 g/mol. The minimum atomic E-state index is -0.0949. The molecule has 0 radical (unpaired) electrons. The molecule has 0 aliphatic heterocycles. The molecule has 1 N–H and O–H groups in total. The fourth-order valence-electron chi connectivity index (χ4n) is 1.52. The predicted molar refractivity (Wildman–Crippen MR) is 81.6 cm³/mol. The van der Waals surface area contributed by atoms with Crippen molar-refractivity contribution >= 4 is 38.9 Å². The van der Waals surface area contributed by atoms with E-state index in [1.165, 1.54) is 9.78 Å². The van der Waals surface area contributed by atoms with Crippen LogP contribution in [0.15, 0.2) is 34.2 Å². The fourth-order valence-corrected chi connectivity index (χ4v) is 2.95. The smallest absolute Gasteiger partial charge is 0.272 e.